The summed E-state index contributed by atoms with van der Waals surface area (Å²) in [6.07, 6.45) is 0.755. The van der Waals surface area contributed by atoms with Gasteiger partial charge in [0.15, 0.2) is 0 Å². The van der Waals surface area contributed by atoms with Crippen molar-refractivity contribution in [1.29, 1.82) is 0 Å². The van der Waals surface area contributed by atoms with Gasteiger partial charge in [-0.05, 0) is 29.7 Å². The third-order valence-corrected chi connectivity index (χ3v) is 4.18. The molecule has 1 aliphatic rings. The molecule has 8 nitrogen and oxygen atoms in total. The van der Waals surface area contributed by atoms with Crippen molar-refractivity contribution in [3.8, 4) is 5.75 Å². The lowest BCUT2D eigenvalue weighted by atomic mass is 10.1. The molecule has 1 aliphatic heterocycles. The SMILES string of the molecule is CCCOc1ccc(CN2C(=O)NC(=O)C2=O)cc1C(=O)OCc1ccccc1. The van der Waals surface area contributed by atoms with Gasteiger partial charge in [-0.15, -0.1) is 0 Å². The standard InChI is InChI=1S/C21H20N2O6/c1-2-10-28-17-9-8-15(12-23-19(25)18(24)22-21(23)27)11-16(17)20(26)29-13-14-6-4-3-5-7-14/h3-9,11H,2,10,12-13H2,1H3,(H,22,24,27). The number of ether oxygens (including phenoxy) is 2. The largest absolute Gasteiger partial charge is 0.493 e. The summed E-state index contributed by atoms with van der Waals surface area (Å²) in [5, 5.41) is 1.93. The number of carbonyl (C=O) groups excluding carboxylic acids is 4. The Hall–Kier alpha value is -3.68. The predicted octanol–water partition coefficient (Wildman–Crippen LogP) is 2.41. The van der Waals surface area contributed by atoms with Crippen LogP contribution in [0.2, 0.25) is 0 Å². The first kappa shape index (κ1) is 20.1. The Labute approximate surface area is 167 Å². The molecule has 0 spiro atoms. The smallest absolute Gasteiger partial charge is 0.342 e. The fourth-order valence-corrected chi connectivity index (χ4v) is 2.73. The Morgan fingerprint density at radius 2 is 1.79 bits per heavy atom. The molecule has 29 heavy (non-hydrogen) atoms. The molecule has 0 saturated carbocycles. The molecule has 0 bridgehead atoms. The van der Waals surface area contributed by atoms with E-state index >= 15 is 0 Å². The molecule has 0 atom stereocenters. The first-order chi connectivity index (χ1) is 14.0. The minimum atomic E-state index is -0.972. The van der Waals surface area contributed by atoms with Gasteiger partial charge in [-0.3, -0.25) is 19.8 Å². The zero-order valence-corrected chi connectivity index (χ0v) is 15.8. The zero-order chi connectivity index (χ0) is 20.8. The third kappa shape index (κ3) is 4.78. The van der Waals surface area contributed by atoms with E-state index in [4.69, 9.17) is 9.47 Å². The molecule has 2 aromatic carbocycles. The van der Waals surface area contributed by atoms with Crippen molar-refractivity contribution in [1.82, 2.24) is 10.2 Å². The highest BCUT2D eigenvalue weighted by Crippen LogP contribution is 2.23. The molecular formula is C21H20N2O6. The molecule has 0 radical (unpaired) electrons. The van der Waals surface area contributed by atoms with Crippen molar-refractivity contribution in [2.24, 2.45) is 0 Å². The first-order valence-corrected chi connectivity index (χ1v) is 9.13. The van der Waals surface area contributed by atoms with Gasteiger partial charge in [0.25, 0.3) is 0 Å². The van der Waals surface area contributed by atoms with Crippen molar-refractivity contribution in [2.75, 3.05) is 6.61 Å². The number of esters is 1. The highest BCUT2D eigenvalue weighted by atomic mass is 16.5. The highest BCUT2D eigenvalue weighted by molar-refractivity contribution is 6.44. The van der Waals surface area contributed by atoms with Gasteiger partial charge in [-0.1, -0.05) is 43.3 Å². The summed E-state index contributed by atoms with van der Waals surface area (Å²) in [6.45, 7) is 2.30. The van der Waals surface area contributed by atoms with E-state index in [1.807, 2.05) is 42.6 Å². The number of rotatable bonds is 8. The number of amides is 4. The fraction of sp³-hybridized carbons (Fsp3) is 0.238. The molecule has 0 unspecified atom stereocenters. The number of carbonyl (C=O) groups is 4. The number of benzene rings is 2. The molecule has 0 aliphatic carbocycles. The number of hydrogen-bond donors (Lipinski definition) is 1. The van der Waals surface area contributed by atoms with E-state index in [9.17, 15) is 19.2 Å². The van der Waals surface area contributed by atoms with E-state index in [-0.39, 0.29) is 18.7 Å². The average molecular weight is 396 g/mol. The highest BCUT2D eigenvalue weighted by Gasteiger charge is 2.36. The average Bonchev–Trinajstić information content (AvgIpc) is 2.97. The van der Waals surface area contributed by atoms with Crippen LogP contribution in [-0.4, -0.2) is 35.3 Å². The molecule has 1 saturated heterocycles. The number of nitrogens with zero attached hydrogens (tertiary/aromatic N) is 1. The van der Waals surface area contributed by atoms with Crippen LogP contribution >= 0.6 is 0 Å². The Balaban J connectivity index is 1.79. The van der Waals surface area contributed by atoms with Crippen molar-refractivity contribution >= 4 is 23.8 Å². The lowest BCUT2D eigenvalue weighted by Gasteiger charge is -2.15. The van der Waals surface area contributed by atoms with Gasteiger partial charge < -0.3 is 9.47 Å². The second-order valence-corrected chi connectivity index (χ2v) is 6.39. The second kappa shape index (κ2) is 9.01. The molecule has 1 N–H and O–H groups in total. The number of hydrogen-bond acceptors (Lipinski definition) is 6. The van der Waals surface area contributed by atoms with Gasteiger partial charge in [-0.2, -0.15) is 0 Å². The summed E-state index contributed by atoms with van der Waals surface area (Å²) in [4.78, 5) is 48.3. The van der Waals surface area contributed by atoms with E-state index in [0.29, 0.717) is 17.9 Å². The molecule has 0 aromatic heterocycles. The van der Waals surface area contributed by atoms with Crippen molar-refractivity contribution in [3.63, 3.8) is 0 Å². The predicted molar refractivity (Wildman–Crippen MR) is 102 cm³/mol. The normalized spacial score (nSPS) is 13.4. The van der Waals surface area contributed by atoms with Crippen LogP contribution in [0.5, 0.6) is 5.75 Å². The van der Waals surface area contributed by atoms with E-state index in [2.05, 4.69) is 0 Å². The van der Waals surface area contributed by atoms with Gasteiger partial charge in [-0.25, -0.2) is 9.59 Å². The Morgan fingerprint density at radius 3 is 2.45 bits per heavy atom. The maximum Gasteiger partial charge on any atom is 0.342 e. The molecule has 8 heteroatoms. The monoisotopic (exact) mass is 396 g/mol. The van der Waals surface area contributed by atoms with Crippen LogP contribution in [0.15, 0.2) is 48.5 Å². The molecule has 150 valence electrons. The van der Waals surface area contributed by atoms with Gasteiger partial charge >= 0.3 is 23.8 Å². The van der Waals surface area contributed by atoms with E-state index in [1.165, 1.54) is 6.07 Å². The van der Waals surface area contributed by atoms with E-state index in [1.54, 1.807) is 12.1 Å². The summed E-state index contributed by atoms with van der Waals surface area (Å²) >= 11 is 0. The number of nitrogens with one attached hydrogen (secondary N) is 1. The third-order valence-electron chi connectivity index (χ3n) is 4.18. The maximum atomic E-state index is 12.7. The van der Waals surface area contributed by atoms with Crippen LogP contribution < -0.4 is 10.1 Å². The van der Waals surface area contributed by atoms with Crippen molar-refractivity contribution in [2.45, 2.75) is 26.5 Å². The van der Waals surface area contributed by atoms with Gasteiger partial charge in [0.2, 0.25) is 0 Å². The minimum Gasteiger partial charge on any atom is -0.493 e. The molecule has 1 heterocycles. The summed E-state index contributed by atoms with van der Waals surface area (Å²) in [5.41, 5.74) is 1.51. The molecule has 4 amide bonds. The molecular weight excluding hydrogens is 376 g/mol. The lowest BCUT2D eigenvalue weighted by molar-refractivity contribution is -0.140. The molecule has 2 aromatic rings. The molecule has 1 fully saturated rings. The Morgan fingerprint density at radius 1 is 1.03 bits per heavy atom. The number of imide groups is 2. The number of urea groups is 1. The van der Waals surface area contributed by atoms with E-state index < -0.39 is 23.8 Å². The summed E-state index contributed by atoms with van der Waals surface area (Å²) in [7, 11) is 0. The van der Waals surface area contributed by atoms with Crippen LogP contribution in [0.4, 0.5) is 4.79 Å². The summed E-state index contributed by atoms with van der Waals surface area (Å²) < 4.78 is 11.0. The van der Waals surface area contributed by atoms with Gasteiger partial charge in [0, 0.05) is 0 Å². The zero-order valence-electron chi connectivity index (χ0n) is 15.8. The van der Waals surface area contributed by atoms with Crippen LogP contribution in [0.25, 0.3) is 0 Å². The Kier molecular flexibility index (Phi) is 6.23. The van der Waals surface area contributed by atoms with Crippen LogP contribution in [0, 0.1) is 0 Å². The van der Waals surface area contributed by atoms with Crippen LogP contribution in [0.1, 0.15) is 34.8 Å². The van der Waals surface area contributed by atoms with Gasteiger partial charge in [0.1, 0.15) is 17.9 Å². The van der Waals surface area contributed by atoms with E-state index in [0.717, 1.165) is 16.9 Å². The topological polar surface area (TPSA) is 102 Å². The second-order valence-electron chi connectivity index (χ2n) is 6.39. The summed E-state index contributed by atoms with van der Waals surface area (Å²) in [6, 6.07) is 13.2. The van der Waals surface area contributed by atoms with Crippen molar-refractivity contribution < 1.29 is 28.7 Å². The quantitative estimate of drug-likeness (QED) is 0.418. The minimum absolute atomic E-state index is 0.0959. The van der Waals surface area contributed by atoms with Crippen LogP contribution in [-0.2, 0) is 27.5 Å². The first-order valence-electron chi connectivity index (χ1n) is 9.13. The van der Waals surface area contributed by atoms with Crippen LogP contribution in [0.3, 0.4) is 0 Å². The van der Waals surface area contributed by atoms with Gasteiger partial charge in [0.05, 0.1) is 13.2 Å². The molecule has 3 rings (SSSR count). The fourth-order valence-electron chi connectivity index (χ4n) is 2.73. The Bertz CT molecular complexity index is 941. The van der Waals surface area contributed by atoms with Crippen molar-refractivity contribution in [3.05, 3.63) is 65.2 Å². The maximum absolute atomic E-state index is 12.7. The lowest BCUT2D eigenvalue weighted by Crippen LogP contribution is -2.30. The summed E-state index contributed by atoms with van der Waals surface area (Å²) in [5.74, 6) is -2.15.